The predicted molar refractivity (Wildman–Crippen MR) is 78.8 cm³/mol. The van der Waals surface area contributed by atoms with Crippen LogP contribution in [0.15, 0.2) is 36.4 Å². The number of benzene rings is 1. The van der Waals surface area contributed by atoms with Crippen molar-refractivity contribution in [1.29, 1.82) is 0 Å². The van der Waals surface area contributed by atoms with Crippen molar-refractivity contribution in [3.8, 4) is 0 Å². The molecule has 96 valence electrons. The quantitative estimate of drug-likeness (QED) is 0.784. The van der Waals surface area contributed by atoms with Gasteiger partial charge >= 0.3 is 0 Å². The molecule has 2 rings (SSSR count). The van der Waals surface area contributed by atoms with Gasteiger partial charge in [0.2, 0.25) is 0 Å². The minimum Gasteiger partial charge on any atom is -0.326 e. The monoisotopic (exact) mass is 260 g/mol. The molecule has 2 nitrogen and oxygen atoms in total. The summed E-state index contributed by atoms with van der Waals surface area (Å²) in [5.74, 6) is 0. The van der Waals surface area contributed by atoms with E-state index >= 15 is 0 Å². The lowest BCUT2D eigenvalue weighted by Crippen LogP contribution is -2.17. The Bertz CT molecular complexity index is 491. The molecule has 0 unspecified atom stereocenters. The third-order valence-corrected chi connectivity index (χ3v) is 4.01. The Morgan fingerprint density at radius 2 is 1.89 bits per heavy atom. The molecule has 0 fully saturated rings. The average Bonchev–Trinajstić information content (AvgIpc) is 2.81. The number of hydrogen-bond acceptors (Lipinski definition) is 3. The zero-order valence-electron chi connectivity index (χ0n) is 10.8. The maximum atomic E-state index is 5.73. The van der Waals surface area contributed by atoms with E-state index in [-0.39, 0.29) is 0 Å². The second kappa shape index (κ2) is 6.69. The number of aryl methyl sites for hydroxylation is 1. The Labute approximate surface area is 113 Å². The van der Waals surface area contributed by atoms with Crippen LogP contribution in [0.25, 0.3) is 0 Å². The molecule has 0 saturated carbocycles. The van der Waals surface area contributed by atoms with Gasteiger partial charge in [-0.1, -0.05) is 24.3 Å². The first-order valence-corrected chi connectivity index (χ1v) is 7.14. The van der Waals surface area contributed by atoms with Gasteiger partial charge < -0.3 is 11.1 Å². The van der Waals surface area contributed by atoms with E-state index in [0.717, 1.165) is 19.5 Å². The van der Waals surface area contributed by atoms with Crippen LogP contribution in [0, 0.1) is 6.92 Å². The van der Waals surface area contributed by atoms with E-state index in [1.165, 1.54) is 20.9 Å². The fraction of sp³-hybridized carbons (Fsp3) is 0.333. The molecule has 3 N–H and O–H groups in total. The van der Waals surface area contributed by atoms with Gasteiger partial charge in [0, 0.05) is 22.8 Å². The predicted octanol–water partition coefficient (Wildman–Crippen LogP) is 2.85. The van der Waals surface area contributed by atoms with Crippen molar-refractivity contribution in [2.75, 3.05) is 6.54 Å². The van der Waals surface area contributed by atoms with Crippen LogP contribution in [0.5, 0.6) is 0 Å². The van der Waals surface area contributed by atoms with E-state index < -0.39 is 0 Å². The maximum absolute atomic E-state index is 5.73. The summed E-state index contributed by atoms with van der Waals surface area (Å²) in [6.45, 7) is 4.73. The number of nitrogens with two attached hydrogens (primary N) is 1. The van der Waals surface area contributed by atoms with Gasteiger partial charge in [0.1, 0.15) is 0 Å². The molecule has 1 aromatic carbocycles. The number of thiophene rings is 1. The zero-order chi connectivity index (χ0) is 12.8. The summed E-state index contributed by atoms with van der Waals surface area (Å²) in [4.78, 5) is 2.78. The molecule has 0 amide bonds. The van der Waals surface area contributed by atoms with Crippen molar-refractivity contribution in [3.05, 3.63) is 57.3 Å². The van der Waals surface area contributed by atoms with Crippen LogP contribution in [0.1, 0.15) is 20.9 Å². The van der Waals surface area contributed by atoms with Crippen molar-refractivity contribution in [3.63, 3.8) is 0 Å². The number of hydrogen-bond donors (Lipinski definition) is 2. The fourth-order valence-corrected chi connectivity index (χ4v) is 2.88. The molecule has 0 radical (unpaired) electrons. The first kappa shape index (κ1) is 13.3. The molecule has 2 aromatic rings. The molecule has 1 aromatic heterocycles. The van der Waals surface area contributed by atoms with Gasteiger partial charge in [0.05, 0.1) is 0 Å². The van der Waals surface area contributed by atoms with E-state index in [2.05, 4.69) is 42.6 Å². The summed E-state index contributed by atoms with van der Waals surface area (Å²) < 4.78 is 0. The van der Waals surface area contributed by atoms with Crippen molar-refractivity contribution < 1.29 is 0 Å². The molecule has 1 heterocycles. The van der Waals surface area contributed by atoms with Gasteiger partial charge in [-0.05, 0) is 43.1 Å². The summed E-state index contributed by atoms with van der Waals surface area (Å²) >= 11 is 1.86. The Balaban J connectivity index is 1.78. The molecule has 18 heavy (non-hydrogen) atoms. The molecule has 3 heteroatoms. The highest BCUT2D eigenvalue weighted by molar-refractivity contribution is 7.11. The Morgan fingerprint density at radius 3 is 2.56 bits per heavy atom. The van der Waals surface area contributed by atoms with Crippen LogP contribution in [-0.2, 0) is 19.5 Å². The van der Waals surface area contributed by atoms with E-state index in [9.17, 15) is 0 Å². The van der Waals surface area contributed by atoms with Crippen LogP contribution in [-0.4, -0.2) is 6.54 Å². The van der Waals surface area contributed by atoms with E-state index in [4.69, 9.17) is 5.73 Å². The Hall–Kier alpha value is -1.16. The van der Waals surface area contributed by atoms with Crippen LogP contribution < -0.4 is 11.1 Å². The van der Waals surface area contributed by atoms with Gasteiger partial charge in [0.25, 0.3) is 0 Å². The van der Waals surface area contributed by atoms with Gasteiger partial charge in [-0.2, -0.15) is 0 Å². The first-order valence-electron chi connectivity index (χ1n) is 6.32. The van der Waals surface area contributed by atoms with Gasteiger partial charge in [0.15, 0.2) is 0 Å². The van der Waals surface area contributed by atoms with Crippen molar-refractivity contribution in [2.45, 2.75) is 26.4 Å². The first-order chi connectivity index (χ1) is 8.79. The van der Waals surface area contributed by atoms with Crippen LogP contribution in [0.2, 0.25) is 0 Å². The normalized spacial score (nSPS) is 10.8. The van der Waals surface area contributed by atoms with Crippen LogP contribution >= 0.6 is 11.3 Å². The molecule has 0 aliphatic rings. The minimum atomic E-state index is 0.625. The highest BCUT2D eigenvalue weighted by Crippen LogP contribution is 2.14. The lowest BCUT2D eigenvalue weighted by Gasteiger charge is -2.08. The van der Waals surface area contributed by atoms with Crippen LogP contribution in [0.4, 0.5) is 0 Å². The van der Waals surface area contributed by atoms with Gasteiger partial charge in [-0.3, -0.25) is 0 Å². The number of rotatable bonds is 6. The van der Waals surface area contributed by atoms with Gasteiger partial charge in [-0.25, -0.2) is 0 Å². The molecule has 0 spiro atoms. The molecular weight excluding hydrogens is 240 g/mol. The Morgan fingerprint density at radius 1 is 1.11 bits per heavy atom. The van der Waals surface area contributed by atoms with Crippen molar-refractivity contribution in [2.24, 2.45) is 5.73 Å². The molecule has 0 aliphatic carbocycles. The highest BCUT2D eigenvalue weighted by Gasteiger charge is 2.00. The molecule has 0 bridgehead atoms. The maximum Gasteiger partial charge on any atom is 0.0299 e. The van der Waals surface area contributed by atoms with Gasteiger partial charge in [-0.15, -0.1) is 11.3 Å². The van der Waals surface area contributed by atoms with E-state index in [1.54, 1.807) is 0 Å². The largest absolute Gasteiger partial charge is 0.326 e. The van der Waals surface area contributed by atoms with Crippen molar-refractivity contribution in [1.82, 2.24) is 5.32 Å². The fourth-order valence-electron chi connectivity index (χ4n) is 2.02. The Kier molecular flexibility index (Phi) is 4.93. The highest BCUT2D eigenvalue weighted by atomic mass is 32.1. The summed E-state index contributed by atoms with van der Waals surface area (Å²) in [7, 11) is 0. The van der Waals surface area contributed by atoms with E-state index in [1.807, 2.05) is 17.4 Å². The second-order valence-corrected chi connectivity index (χ2v) is 5.78. The molecule has 0 atom stereocenters. The van der Waals surface area contributed by atoms with E-state index in [0.29, 0.717) is 6.54 Å². The third-order valence-electron chi connectivity index (χ3n) is 3.00. The summed E-state index contributed by atoms with van der Waals surface area (Å²) in [5, 5.41) is 3.48. The van der Waals surface area contributed by atoms with Crippen LogP contribution in [0.3, 0.4) is 0 Å². The summed E-state index contributed by atoms with van der Waals surface area (Å²) in [6, 6.07) is 12.8. The number of nitrogens with one attached hydrogen (secondary N) is 1. The minimum absolute atomic E-state index is 0.625. The lowest BCUT2D eigenvalue weighted by molar-refractivity contribution is 0.690. The summed E-state index contributed by atoms with van der Waals surface area (Å²) in [5.41, 5.74) is 8.34. The van der Waals surface area contributed by atoms with Crippen molar-refractivity contribution >= 4 is 11.3 Å². The standard InChI is InChI=1S/C15H20N2S/c1-12-6-7-15(18-12)11-17-9-8-13-4-2-3-5-14(13)10-16/h2-7,17H,8-11,16H2,1H3. The smallest absolute Gasteiger partial charge is 0.0299 e. The zero-order valence-corrected chi connectivity index (χ0v) is 11.6. The lowest BCUT2D eigenvalue weighted by atomic mass is 10.0. The summed E-state index contributed by atoms with van der Waals surface area (Å²) in [6.07, 6.45) is 1.04. The molecule has 0 saturated heterocycles. The topological polar surface area (TPSA) is 38.0 Å². The second-order valence-electron chi connectivity index (χ2n) is 4.41. The molecular formula is C15H20N2S. The average molecular weight is 260 g/mol. The third kappa shape index (κ3) is 3.67. The molecule has 0 aliphatic heterocycles. The SMILES string of the molecule is Cc1ccc(CNCCc2ccccc2CN)s1.